The van der Waals surface area contributed by atoms with Crippen molar-refractivity contribution in [3.8, 4) is 28.9 Å². The molecule has 0 radical (unpaired) electrons. The van der Waals surface area contributed by atoms with Crippen LogP contribution in [0.25, 0.3) is 23.1 Å². The minimum Gasteiger partial charge on any atom is -0.497 e. The number of hydrogen-bond donors (Lipinski definition) is 1. The number of nitrogens with one attached hydrogen (secondary N) is 1. The molecule has 0 saturated carbocycles. The van der Waals surface area contributed by atoms with Gasteiger partial charge in [0.15, 0.2) is 18.3 Å². The Bertz CT molecular complexity index is 1060. The molecule has 9 heteroatoms. The molecular weight excluding hydrogens is 386 g/mol. The average Bonchev–Trinajstić information content (AvgIpc) is 3.54. The van der Waals surface area contributed by atoms with E-state index in [1.54, 1.807) is 25.5 Å². The van der Waals surface area contributed by atoms with Gasteiger partial charge < -0.3 is 22.9 Å². The van der Waals surface area contributed by atoms with E-state index in [0.29, 0.717) is 35.9 Å². The lowest BCUT2D eigenvalue weighted by atomic mass is 10.2. The third-order valence-electron chi connectivity index (χ3n) is 4.91. The number of hydrogen-bond acceptors (Lipinski definition) is 8. The molecule has 3 heterocycles. The van der Waals surface area contributed by atoms with Crippen molar-refractivity contribution in [3.05, 3.63) is 54.4 Å². The summed E-state index contributed by atoms with van der Waals surface area (Å²) in [5.74, 6) is 3.28. The van der Waals surface area contributed by atoms with Crippen molar-refractivity contribution in [3.63, 3.8) is 0 Å². The zero-order valence-electron chi connectivity index (χ0n) is 17.2. The molecule has 9 nitrogen and oxygen atoms in total. The Hall–Kier alpha value is -3.46. The maximum absolute atomic E-state index is 5.97. The van der Waals surface area contributed by atoms with E-state index < -0.39 is 0 Å². The standard InChI is InChI=1S/C21H23N5O4/c1-4-11-26(13-18-22-25-21(29-18)17-6-5-12-28-17)14(2)19-23-24-20(30-19)15-7-9-16(27-3)10-8-15/h5-10,12,14H,4,11,13H2,1-3H3/p+1/t14-/m0/s1. The summed E-state index contributed by atoms with van der Waals surface area (Å²) in [6.07, 6.45) is 2.56. The highest BCUT2D eigenvalue weighted by molar-refractivity contribution is 5.53. The van der Waals surface area contributed by atoms with E-state index in [2.05, 4.69) is 34.2 Å². The predicted molar refractivity (Wildman–Crippen MR) is 107 cm³/mol. The zero-order chi connectivity index (χ0) is 20.9. The van der Waals surface area contributed by atoms with Gasteiger partial charge in [0.1, 0.15) is 5.75 Å². The van der Waals surface area contributed by atoms with Gasteiger partial charge in [0.05, 0.1) is 19.9 Å². The van der Waals surface area contributed by atoms with Crippen LogP contribution >= 0.6 is 0 Å². The maximum atomic E-state index is 5.97. The molecule has 4 aromatic rings. The van der Waals surface area contributed by atoms with E-state index in [-0.39, 0.29) is 6.04 Å². The van der Waals surface area contributed by atoms with Crippen LogP contribution in [0.3, 0.4) is 0 Å². The summed E-state index contributed by atoms with van der Waals surface area (Å²) in [5.41, 5.74) is 0.846. The summed E-state index contributed by atoms with van der Waals surface area (Å²) < 4.78 is 22.3. The van der Waals surface area contributed by atoms with E-state index >= 15 is 0 Å². The lowest BCUT2D eigenvalue weighted by molar-refractivity contribution is -0.945. The van der Waals surface area contributed by atoms with Crippen molar-refractivity contribution in [2.75, 3.05) is 13.7 Å². The van der Waals surface area contributed by atoms with Gasteiger partial charge in [-0.05, 0) is 49.7 Å². The van der Waals surface area contributed by atoms with Gasteiger partial charge >= 0.3 is 0 Å². The SMILES string of the molecule is CCC[NH+](Cc1nnc(-c2ccco2)o1)[C@@H](C)c1nnc(-c2ccc(OC)cc2)o1. The number of furan rings is 1. The Kier molecular flexibility index (Phi) is 5.89. The molecule has 1 unspecified atom stereocenters. The molecule has 0 aliphatic carbocycles. The van der Waals surface area contributed by atoms with Crippen molar-refractivity contribution in [2.45, 2.75) is 32.9 Å². The Morgan fingerprint density at radius 1 is 1.00 bits per heavy atom. The highest BCUT2D eigenvalue weighted by Gasteiger charge is 2.27. The Balaban J connectivity index is 1.49. The van der Waals surface area contributed by atoms with Crippen LogP contribution in [0.2, 0.25) is 0 Å². The average molecular weight is 410 g/mol. The van der Waals surface area contributed by atoms with Gasteiger partial charge in [-0.25, -0.2) is 0 Å². The lowest BCUT2D eigenvalue weighted by Gasteiger charge is -2.21. The van der Waals surface area contributed by atoms with Gasteiger partial charge in [0.25, 0.3) is 17.7 Å². The quantitative estimate of drug-likeness (QED) is 0.449. The molecule has 0 amide bonds. The molecule has 0 aliphatic heterocycles. The zero-order valence-corrected chi connectivity index (χ0v) is 17.2. The second-order valence-electron chi connectivity index (χ2n) is 6.96. The van der Waals surface area contributed by atoms with E-state index in [1.807, 2.05) is 24.3 Å². The van der Waals surface area contributed by atoms with Gasteiger partial charge in [0, 0.05) is 5.56 Å². The van der Waals surface area contributed by atoms with Gasteiger partial charge in [-0.15, -0.1) is 20.4 Å². The summed E-state index contributed by atoms with van der Waals surface area (Å²) in [6, 6.07) is 11.1. The summed E-state index contributed by atoms with van der Waals surface area (Å²) >= 11 is 0. The van der Waals surface area contributed by atoms with Crippen LogP contribution in [0, 0.1) is 0 Å². The third kappa shape index (κ3) is 4.25. The smallest absolute Gasteiger partial charge is 0.283 e. The van der Waals surface area contributed by atoms with Crippen LogP contribution < -0.4 is 9.64 Å². The third-order valence-corrected chi connectivity index (χ3v) is 4.91. The molecule has 0 aliphatic rings. The van der Waals surface area contributed by atoms with Gasteiger partial charge in [-0.2, -0.15) is 0 Å². The fourth-order valence-electron chi connectivity index (χ4n) is 3.23. The maximum Gasteiger partial charge on any atom is 0.283 e. The number of benzene rings is 1. The molecule has 0 saturated heterocycles. The van der Waals surface area contributed by atoms with Crippen molar-refractivity contribution >= 4 is 0 Å². The van der Waals surface area contributed by atoms with E-state index in [9.17, 15) is 0 Å². The first-order chi connectivity index (χ1) is 14.7. The number of rotatable bonds is 9. The van der Waals surface area contributed by atoms with Crippen molar-refractivity contribution in [1.82, 2.24) is 20.4 Å². The largest absolute Gasteiger partial charge is 0.497 e. The van der Waals surface area contributed by atoms with Gasteiger partial charge in [-0.3, -0.25) is 0 Å². The van der Waals surface area contributed by atoms with Crippen molar-refractivity contribution < 1.29 is 22.9 Å². The Morgan fingerprint density at radius 3 is 2.50 bits per heavy atom. The fraction of sp³-hybridized carbons (Fsp3) is 0.333. The highest BCUT2D eigenvalue weighted by Crippen LogP contribution is 2.23. The molecule has 2 atom stereocenters. The molecule has 1 aromatic carbocycles. The minimum atomic E-state index is -0.0385. The number of methoxy groups -OCH3 is 1. The number of ether oxygens (including phenoxy) is 1. The topological polar surface area (TPSA) is 105 Å². The first-order valence-electron chi connectivity index (χ1n) is 9.86. The molecule has 4 rings (SSSR count). The second kappa shape index (κ2) is 8.91. The number of aromatic nitrogens is 4. The van der Waals surface area contributed by atoms with Crippen LogP contribution in [-0.2, 0) is 6.54 Å². The van der Waals surface area contributed by atoms with Gasteiger partial charge in [-0.1, -0.05) is 6.92 Å². The second-order valence-corrected chi connectivity index (χ2v) is 6.96. The molecule has 0 bridgehead atoms. The predicted octanol–water partition coefficient (Wildman–Crippen LogP) is 2.94. The summed E-state index contributed by atoms with van der Waals surface area (Å²) in [4.78, 5) is 1.19. The molecule has 30 heavy (non-hydrogen) atoms. The molecule has 0 spiro atoms. The molecule has 0 fully saturated rings. The summed E-state index contributed by atoms with van der Waals surface area (Å²) in [5, 5.41) is 16.7. The van der Waals surface area contributed by atoms with Crippen LogP contribution in [0.5, 0.6) is 5.75 Å². The fourth-order valence-corrected chi connectivity index (χ4v) is 3.23. The van der Waals surface area contributed by atoms with E-state index in [0.717, 1.165) is 24.3 Å². The van der Waals surface area contributed by atoms with Crippen LogP contribution in [0.1, 0.15) is 38.1 Å². The summed E-state index contributed by atoms with van der Waals surface area (Å²) in [7, 11) is 1.63. The van der Waals surface area contributed by atoms with Crippen LogP contribution in [-0.4, -0.2) is 34.0 Å². The Morgan fingerprint density at radius 2 is 1.80 bits per heavy atom. The molecular formula is C21H24N5O4+. The van der Waals surface area contributed by atoms with E-state index in [1.165, 1.54) is 4.90 Å². The highest BCUT2D eigenvalue weighted by atomic mass is 16.5. The first-order valence-corrected chi connectivity index (χ1v) is 9.86. The van der Waals surface area contributed by atoms with Crippen LogP contribution in [0.15, 0.2) is 55.9 Å². The first kappa shape index (κ1) is 19.8. The molecule has 3 aromatic heterocycles. The summed E-state index contributed by atoms with van der Waals surface area (Å²) in [6.45, 7) is 5.62. The number of quaternary nitrogens is 1. The number of nitrogens with zero attached hydrogens (tertiary/aromatic N) is 4. The minimum absolute atomic E-state index is 0.0385. The monoisotopic (exact) mass is 410 g/mol. The molecule has 156 valence electrons. The molecule has 1 N–H and O–H groups in total. The van der Waals surface area contributed by atoms with Crippen LogP contribution in [0.4, 0.5) is 0 Å². The van der Waals surface area contributed by atoms with E-state index in [4.69, 9.17) is 18.0 Å². The Labute approximate surface area is 173 Å². The van der Waals surface area contributed by atoms with Crippen molar-refractivity contribution in [2.24, 2.45) is 0 Å². The van der Waals surface area contributed by atoms with Crippen molar-refractivity contribution in [1.29, 1.82) is 0 Å². The lowest BCUT2D eigenvalue weighted by Crippen LogP contribution is -3.10. The van der Waals surface area contributed by atoms with Gasteiger partial charge in [0.2, 0.25) is 5.89 Å². The normalized spacial score (nSPS) is 13.3.